The molecule has 1 fully saturated rings. The van der Waals surface area contributed by atoms with Gasteiger partial charge in [0.2, 0.25) is 0 Å². The van der Waals surface area contributed by atoms with Crippen LogP contribution in [-0.4, -0.2) is 45.2 Å². The summed E-state index contributed by atoms with van der Waals surface area (Å²) in [6, 6.07) is 4.12. The van der Waals surface area contributed by atoms with Crippen molar-refractivity contribution in [3.05, 3.63) is 29.0 Å². The van der Waals surface area contributed by atoms with Crippen molar-refractivity contribution in [3.63, 3.8) is 0 Å². The second-order valence-electron chi connectivity index (χ2n) is 7.73. The van der Waals surface area contributed by atoms with Crippen LogP contribution in [0.25, 0.3) is 11.0 Å². The second-order valence-corrected chi connectivity index (χ2v) is 8.17. The molecule has 146 valence electrons. The lowest BCUT2D eigenvalue weighted by atomic mass is 9.90. The first-order valence-corrected chi connectivity index (χ1v) is 10.2. The smallest absolute Gasteiger partial charge is 0.137 e. The molecule has 4 atom stereocenters. The molecule has 1 saturated heterocycles. The number of imidazole rings is 1. The molecule has 0 saturated carbocycles. The summed E-state index contributed by atoms with van der Waals surface area (Å²) in [6.45, 7) is 5.89. The number of hydrogen-bond donors (Lipinski definition) is 2. The van der Waals surface area contributed by atoms with E-state index in [0.717, 1.165) is 61.1 Å². The summed E-state index contributed by atoms with van der Waals surface area (Å²) in [7, 11) is 0. The number of nitrogens with one attached hydrogen (secondary N) is 1. The molecule has 0 bridgehead atoms. The number of benzene rings is 1. The zero-order valence-electron chi connectivity index (χ0n) is 15.9. The SMILES string of the molecule is CC1=NOC(C)C1c1cc(Cl)cc2ncn(CCC[C@H]3NCCC[C@@H]3O)c12. The van der Waals surface area contributed by atoms with Gasteiger partial charge < -0.3 is 19.8 Å². The Morgan fingerprint density at radius 2 is 2.26 bits per heavy atom. The molecule has 0 aliphatic carbocycles. The van der Waals surface area contributed by atoms with E-state index in [1.165, 1.54) is 0 Å². The minimum absolute atomic E-state index is 0.0170. The van der Waals surface area contributed by atoms with E-state index in [1.54, 1.807) is 0 Å². The summed E-state index contributed by atoms with van der Waals surface area (Å²) in [6.07, 6.45) is 5.52. The third-order valence-corrected chi connectivity index (χ3v) is 6.01. The number of oxime groups is 1. The van der Waals surface area contributed by atoms with Gasteiger partial charge in [-0.1, -0.05) is 16.8 Å². The zero-order valence-corrected chi connectivity index (χ0v) is 16.6. The van der Waals surface area contributed by atoms with Crippen molar-refractivity contribution in [2.45, 2.75) is 70.2 Å². The van der Waals surface area contributed by atoms with E-state index in [0.29, 0.717) is 5.02 Å². The molecule has 1 aromatic carbocycles. The molecular weight excluding hydrogens is 364 g/mol. The molecule has 4 rings (SSSR count). The number of rotatable bonds is 5. The Balaban J connectivity index is 1.57. The fourth-order valence-corrected chi connectivity index (χ4v) is 4.65. The summed E-state index contributed by atoms with van der Waals surface area (Å²) < 4.78 is 2.20. The van der Waals surface area contributed by atoms with E-state index in [-0.39, 0.29) is 24.2 Å². The minimum atomic E-state index is -0.233. The van der Waals surface area contributed by atoms with Gasteiger partial charge in [-0.25, -0.2) is 4.98 Å². The summed E-state index contributed by atoms with van der Waals surface area (Å²) in [5.41, 5.74) is 4.10. The summed E-state index contributed by atoms with van der Waals surface area (Å²) in [5.74, 6) is 0.0866. The highest BCUT2D eigenvalue weighted by Gasteiger charge is 2.32. The van der Waals surface area contributed by atoms with E-state index in [1.807, 2.05) is 32.3 Å². The third kappa shape index (κ3) is 3.71. The lowest BCUT2D eigenvalue weighted by Crippen LogP contribution is -2.44. The summed E-state index contributed by atoms with van der Waals surface area (Å²) >= 11 is 6.36. The molecule has 0 radical (unpaired) electrons. The highest BCUT2D eigenvalue weighted by atomic mass is 35.5. The van der Waals surface area contributed by atoms with Crippen LogP contribution >= 0.6 is 11.6 Å². The van der Waals surface area contributed by atoms with Crippen LogP contribution in [0, 0.1) is 0 Å². The van der Waals surface area contributed by atoms with Gasteiger partial charge in [-0.15, -0.1) is 0 Å². The molecule has 2 N–H and O–H groups in total. The highest BCUT2D eigenvalue weighted by Crippen LogP contribution is 2.35. The molecule has 7 heteroatoms. The molecule has 2 aromatic rings. The first-order chi connectivity index (χ1) is 13.0. The number of aliphatic hydroxyl groups is 1. The van der Waals surface area contributed by atoms with Crippen molar-refractivity contribution in [3.8, 4) is 0 Å². The first-order valence-electron chi connectivity index (χ1n) is 9.80. The van der Waals surface area contributed by atoms with Crippen molar-refractivity contribution in [1.82, 2.24) is 14.9 Å². The summed E-state index contributed by atoms with van der Waals surface area (Å²) in [4.78, 5) is 10.1. The van der Waals surface area contributed by atoms with E-state index in [2.05, 4.69) is 20.0 Å². The lowest BCUT2D eigenvalue weighted by molar-refractivity contribution is 0.0903. The molecule has 1 aromatic heterocycles. The molecule has 2 aliphatic rings. The normalized spacial score (nSPS) is 28.4. The van der Waals surface area contributed by atoms with Gasteiger partial charge in [0.1, 0.15) is 6.10 Å². The van der Waals surface area contributed by atoms with Gasteiger partial charge in [-0.05, 0) is 63.8 Å². The number of piperidine rings is 1. The number of halogens is 1. The zero-order chi connectivity index (χ0) is 19.0. The molecule has 0 amide bonds. The average Bonchev–Trinajstić information content (AvgIpc) is 3.19. The number of nitrogens with zero attached hydrogens (tertiary/aromatic N) is 3. The van der Waals surface area contributed by atoms with Gasteiger partial charge >= 0.3 is 0 Å². The molecule has 2 aliphatic heterocycles. The molecule has 27 heavy (non-hydrogen) atoms. The lowest BCUT2D eigenvalue weighted by Gasteiger charge is -2.29. The monoisotopic (exact) mass is 390 g/mol. The van der Waals surface area contributed by atoms with Crippen LogP contribution in [0.2, 0.25) is 5.02 Å². The van der Waals surface area contributed by atoms with Crippen molar-refractivity contribution < 1.29 is 9.94 Å². The van der Waals surface area contributed by atoms with Gasteiger partial charge in [-0.3, -0.25) is 0 Å². The Morgan fingerprint density at radius 1 is 1.41 bits per heavy atom. The maximum absolute atomic E-state index is 10.2. The van der Waals surface area contributed by atoms with Crippen LogP contribution in [0.5, 0.6) is 0 Å². The van der Waals surface area contributed by atoms with Gasteiger partial charge in [0, 0.05) is 17.6 Å². The number of aliphatic hydroxyl groups excluding tert-OH is 1. The number of aryl methyl sites for hydroxylation is 1. The van der Waals surface area contributed by atoms with E-state index in [9.17, 15) is 5.11 Å². The van der Waals surface area contributed by atoms with Crippen LogP contribution < -0.4 is 5.32 Å². The highest BCUT2D eigenvalue weighted by molar-refractivity contribution is 6.31. The second kappa shape index (κ2) is 7.78. The van der Waals surface area contributed by atoms with E-state index >= 15 is 0 Å². The van der Waals surface area contributed by atoms with E-state index in [4.69, 9.17) is 16.4 Å². The number of hydrogen-bond acceptors (Lipinski definition) is 5. The van der Waals surface area contributed by atoms with Gasteiger partial charge in [0.25, 0.3) is 0 Å². The van der Waals surface area contributed by atoms with E-state index < -0.39 is 0 Å². The fourth-order valence-electron chi connectivity index (χ4n) is 4.43. The largest absolute Gasteiger partial charge is 0.392 e. The van der Waals surface area contributed by atoms with Crippen LogP contribution in [0.15, 0.2) is 23.6 Å². The van der Waals surface area contributed by atoms with Crippen molar-refractivity contribution in [2.24, 2.45) is 5.16 Å². The molecular formula is C20H27ClN4O2. The Kier molecular flexibility index (Phi) is 5.39. The van der Waals surface area contributed by atoms with Crippen LogP contribution in [0.1, 0.15) is 51.0 Å². The fraction of sp³-hybridized carbons (Fsp3) is 0.600. The van der Waals surface area contributed by atoms with Gasteiger partial charge in [0.05, 0.1) is 35.1 Å². The maximum Gasteiger partial charge on any atom is 0.137 e. The number of fused-ring (bicyclic) bond motifs is 1. The van der Waals surface area contributed by atoms with Crippen molar-refractivity contribution in [1.29, 1.82) is 0 Å². The van der Waals surface area contributed by atoms with Gasteiger partial charge in [0.15, 0.2) is 0 Å². The minimum Gasteiger partial charge on any atom is -0.392 e. The third-order valence-electron chi connectivity index (χ3n) is 5.79. The average molecular weight is 391 g/mol. The Morgan fingerprint density at radius 3 is 3.00 bits per heavy atom. The Labute approximate surface area is 164 Å². The topological polar surface area (TPSA) is 71.7 Å². The first kappa shape index (κ1) is 18.7. The Hall–Kier alpha value is -1.63. The molecule has 3 heterocycles. The quantitative estimate of drug-likeness (QED) is 0.820. The summed E-state index contributed by atoms with van der Waals surface area (Å²) in [5, 5.41) is 18.4. The maximum atomic E-state index is 10.2. The predicted molar refractivity (Wildman–Crippen MR) is 107 cm³/mol. The standard InChI is InChI=1S/C20H27ClN4O2/c1-12-19(13(2)27-24-12)15-9-14(21)10-17-20(15)25(11-23-17)8-4-5-16-18(26)6-3-7-22-16/h9-11,13,16,18-19,22,26H,3-8H2,1-2H3/t13?,16-,18+,19?/m1/s1. The van der Waals surface area contributed by atoms with Crippen molar-refractivity contribution in [2.75, 3.05) is 6.54 Å². The predicted octanol–water partition coefficient (Wildman–Crippen LogP) is 3.46. The van der Waals surface area contributed by atoms with Crippen LogP contribution in [0.4, 0.5) is 0 Å². The molecule has 2 unspecified atom stereocenters. The van der Waals surface area contributed by atoms with Crippen molar-refractivity contribution >= 4 is 28.3 Å². The molecule has 6 nitrogen and oxygen atoms in total. The Bertz CT molecular complexity index is 850. The van der Waals surface area contributed by atoms with Crippen LogP contribution in [0.3, 0.4) is 0 Å². The number of aromatic nitrogens is 2. The van der Waals surface area contributed by atoms with Gasteiger partial charge in [-0.2, -0.15) is 0 Å². The molecule has 0 spiro atoms. The van der Waals surface area contributed by atoms with Crippen LogP contribution in [-0.2, 0) is 11.4 Å².